The zero-order chi connectivity index (χ0) is 17.3. The van der Waals surface area contributed by atoms with E-state index in [0.29, 0.717) is 16.7 Å². The molecule has 1 fully saturated rings. The number of aromatic amines is 1. The number of aromatic nitrogens is 1. The zero-order valence-electron chi connectivity index (χ0n) is 12.9. The maximum atomic E-state index is 12.5. The van der Waals surface area contributed by atoms with Crippen LogP contribution in [0.25, 0.3) is 10.9 Å². The van der Waals surface area contributed by atoms with Gasteiger partial charge >= 0.3 is 6.61 Å². The fourth-order valence-electron chi connectivity index (χ4n) is 2.84. The van der Waals surface area contributed by atoms with E-state index in [-0.39, 0.29) is 25.1 Å². The van der Waals surface area contributed by atoms with Crippen LogP contribution >= 0.6 is 0 Å². The minimum absolute atomic E-state index is 0.0133. The fraction of sp³-hybridized carbons (Fsp3) is 0.375. The molecule has 0 spiro atoms. The zero-order valence-corrected chi connectivity index (χ0v) is 12.9. The summed E-state index contributed by atoms with van der Waals surface area (Å²) in [6.07, 6.45) is 1.00. The van der Waals surface area contributed by atoms with Crippen LogP contribution < -0.4 is 4.74 Å². The number of hydrogen-bond donors (Lipinski definition) is 1. The van der Waals surface area contributed by atoms with Crippen molar-refractivity contribution in [3.8, 4) is 5.75 Å². The Morgan fingerprint density at radius 3 is 2.88 bits per heavy atom. The highest BCUT2D eigenvalue weighted by atomic mass is 19.3. The van der Waals surface area contributed by atoms with E-state index in [9.17, 15) is 18.4 Å². The number of ketones is 1. The Labute approximate surface area is 136 Å². The minimum atomic E-state index is -2.89. The summed E-state index contributed by atoms with van der Waals surface area (Å²) in [6.45, 7) is -2.68. The number of amides is 1. The number of alkyl halides is 2. The Hall–Kier alpha value is -2.48. The number of nitrogens with zero attached hydrogens (tertiary/aromatic N) is 1. The molecule has 0 bridgehead atoms. The van der Waals surface area contributed by atoms with E-state index in [4.69, 9.17) is 4.74 Å². The lowest BCUT2D eigenvalue weighted by Gasteiger charge is -2.15. The molecule has 1 aliphatic rings. The summed E-state index contributed by atoms with van der Waals surface area (Å²) in [6, 6.07) is 5.15. The molecule has 2 heterocycles. The lowest BCUT2D eigenvalue weighted by molar-refractivity contribution is -0.159. The van der Waals surface area contributed by atoms with Crippen LogP contribution in [0, 0.1) is 0 Å². The summed E-state index contributed by atoms with van der Waals surface area (Å²) in [5.74, 6) is -0.846. The van der Waals surface area contributed by atoms with E-state index in [1.54, 1.807) is 18.2 Å². The number of H-pyrrole nitrogens is 1. The van der Waals surface area contributed by atoms with Crippen molar-refractivity contribution in [3.05, 3.63) is 30.0 Å². The molecule has 6 nitrogen and oxygen atoms in total. The van der Waals surface area contributed by atoms with Gasteiger partial charge in [0.25, 0.3) is 11.7 Å². The van der Waals surface area contributed by atoms with Crippen molar-refractivity contribution in [1.82, 2.24) is 9.88 Å². The van der Waals surface area contributed by atoms with Gasteiger partial charge in [0, 0.05) is 30.2 Å². The van der Waals surface area contributed by atoms with Crippen LogP contribution in [0.2, 0.25) is 0 Å². The third-order valence-electron chi connectivity index (χ3n) is 4.06. The molecule has 1 amide bonds. The summed E-state index contributed by atoms with van der Waals surface area (Å²) in [5.41, 5.74) is 0.930. The van der Waals surface area contributed by atoms with E-state index in [2.05, 4.69) is 9.72 Å². The molecule has 1 N–H and O–H groups in total. The molecule has 1 atom stereocenters. The Morgan fingerprint density at radius 1 is 1.38 bits per heavy atom. The van der Waals surface area contributed by atoms with Gasteiger partial charge in [-0.25, -0.2) is 0 Å². The van der Waals surface area contributed by atoms with Gasteiger partial charge in [-0.15, -0.1) is 0 Å². The molecule has 1 saturated heterocycles. The van der Waals surface area contributed by atoms with Crippen molar-refractivity contribution in [2.45, 2.75) is 19.1 Å². The quantitative estimate of drug-likeness (QED) is 0.670. The van der Waals surface area contributed by atoms with Gasteiger partial charge in [0.05, 0.1) is 18.8 Å². The Morgan fingerprint density at radius 2 is 2.17 bits per heavy atom. The van der Waals surface area contributed by atoms with E-state index in [1.165, 1.54) is 18.2 Å². The third-order valence-corrected chi connectivity index (χ3v) is 4.06. The molecule has 1 aromatic heterocycles. The molecule has 3 rings (SSSR count). The van der Waals surface area contributed by atoms with E-state index >= 15 is 0 Å². The van der Waals surface area contributed by atoms with Gasteiger partial charge in [0.1, 0.15) is 5.75 Å². The van der Waals surface area contributed by atoms with Crippen LogP contribution in [0.5, 0.6) is 5.75 Å². The van der Waals surface area contributed by atoms with Crippen molar-refractivity contribution >= 4 is 22.6 Å². The molecule has 0 aliphatic carbocycles. The summed E-state index contributed by atoms with van der Waals surface area (Å²) < 4.78 is 34.0. The second-order valence-corrected chi connectivity index (χ2v) is 5.50. The van der Waals surface area contributed by atoms with E-state index in [0.717, 1.165) is 0 Å². The fourth-order valence-corrected chi connectivity index (χ4v) is 2.84. The number of carbonyl (C=O) groups excluding carboxylic acids is 2. The highest BCUT2D eigenvalue weighted by Crippen LogP contribution is 2.25. The number of carbonyl (C=O) groups is 2. The monoisotopic (exact) mass is 338 g/mol. The Balaban J connectivity index is 1.78. The normalized spacial score (nSPS) is 17.7. The van der Waals surface area contributed by atoms with Gasteiger partial charge in [-0.3, -0.25) is 9.59 Å². The largest absolute Gasteiger partial charge is 0.497 e. The van der Waals surface area contributed by atoms with Crippen LogP contribution in [0.3, 0.4) is 0 Å². The van der Waals surface area contributed by atoms with Crippen LogP contribution in [-0.4, -0.2) is 54.5 Å². The molecular formula is C16H16F2N2O4. The molecule has 8 heteroatoms. The smallest absolute Gasteiger partial charge is 0.345 e. The maximum Gasteiger partial charge on any atom is 0.345 e. The van der Waals surface area contributed by atoms with E-state index < -0.39 is 24.4 Å². The molecule has 128 valence electrons. The molecule has 0 radical (unpaired) electrons. The molecule has 0 saturated carbocycles. The number of halogens is 2. The minimum Gasteiger partial charge on any atom is -0.497 e. The van der Waals surface area contributed by atoms with Crippen molar-refractivity contribution in [2.24, 2.45) is 0 Å². The van der Waals surface area contributed by atoms with Gasteiger partial charge in [0.2, 0.25) is 0 Å². The van der Waals surface area contributed by atoms with Gasteiger partial charge in [0.15, 0.2) is 0 Å². The number of Topliss-reactive ketones (excluding diaryl/α,β-unsaturated/α-hetero) is 1. The van der Waals surface area contributed by atoms with Crippen LogP contribution in [-0.2, 0) is 9.53 Å². The van der Waals surface area contributed by atoms with Gasteiger partial charge in [-0.05, 0) is 24.6 Å². The average molecular weight is 338 g/mol. The molecule has 1 aromatic carbocycles. The molecule has 1 aliphatic heterocycles. The number of likely N-dealkylation sites (tertiary alicyclic amines) is 1. The molecule has 2 aromatic rings. The second-order valence-electron chi connectivity index (χ2n) is 5.50. The molecular weight excluding hydrogens is 322 g/mol. The summed E-state index contributed by atoms with van der Waals surface area (Å²) in [5, 5.41) is 0.576. The van der Waals surface area contributed by atoms with E-state index in [1.807, 2.05) is 0 Å². The molecule has 24 heavy (non-hydrogen) atoms. The number of rotatable bonds is 5. The second kappa shape index (κ2) is 6.56. The summed E-state index contributed by atoms with van der Waals surface area (Å²) >= 11 is 0. The Bertz CT molecular complexity index is 775. The number of methoxy groups -OCH3 is 1. The first-order valence-electron chi connectivity index (χ1n) is 7.42. The lowest BCUT2D eigenvalue weighted by Crippen LogP contribution is -2.35. The van der Waals surface area contributed by atoms with Crippen LogP contribution in [0.4, 0.5) is 8.78 Å². The lowest BCUT2D eigenvalue weighted by atomic mass is 10.1. The first kappa shape index (κ1) is 16.4. The van der Waals surface area contributed by atoms with Crippen molar-refractivity contribution in [1.29, 1.82) is 0 Å². The number of benzene rings is 1. The van der Waals surface area contributed by atoms with Crippen LogP contribution in [0.1, 0.15) is 16.8 Å². The van der Waals surface area contributed by atoms with Crippen molar-refractivity contribution < 1.29 is 27.8 Å². The topological polar surface area (TPSA) is 71.6 Å². The number of ether oxygens (including phenoxy) is 2. The molecule has 0 unspecified atom stereocenters. The van der Waals surface area contributed by atoms with Gasteiger partial charge in [-0.2, -0.15) is 8.78 Å². The first-order chi connectivity index (χ1) is 11.5. The standard InChI is InChI=1S/C16H16F2N2O4/c1-23-9-2-3-13-11(6-9)12(7-19-13)14(21)15(22)20-5-4-10(8-20)24-16(17)18/h2-3,6-7,10,16,19H,4-5,8H2,1H3/t10-/m0/s1. The average Bonchev–Trinajstić information content (AvgIpc) is 3.19. The third kappa shape index (κ3) is 3.09. The predicted octanol–water partition coefficient (Wildman–Crippen LogP) is 2.20. The first-order valence-corrected chi connectivity index (χ1v) is 7.42. The summed E-state index contributed by atoms with van der Waals surface area (Å²) in [7, 11) is 1.51. The number of hydrogen-bond acceptors (Lipinski definition) is 4. The highest BCUT2D eigenvalue weighted by molar-refractivity contribution is 6.44. The summed E-state index contributed by atoms with van der Waals surface area (Å²) in [4.78, 5) is 29.0. The van der Waals surface area contributed by atoms with Gasteiger partial charge in [-0.1, -0.05) is 0 Å². The number of fused-ring (bicyclic) bond motifs is 1. The highest BCUT2D eigenvalue weighted by Gasteiger charge is 2.33. The number of nitrogens with one attached hydrogen (secondary N) is 1. The predicted molar refractivity (Wildman–Crippen MR) is 81.3 cm³/mol. The van der Waals surface area contributed by atoms with Crippen LogP contribution in [0.15, 0.2) is 24.4 Å². The SMILES string of the molecule is COc1ccc2[nH]cc(C(=O)C(=O)N3CC[C@H](OC(F)F)C3)c2c1. The maximum absolute atomic E-state index is 12.5. The van der Waals surface area contributed by atoms with Crippen molar-refractivity contribution in [3.63, 3.8) is 0 Å². The van der Waals surface area contributed by atoms with Gasteiger partial charge < -0.3 is 19.4 Å². The van der Waals surface area contributed by atoms with Crippen molar-refractivity contribution in [2.75, 3.05) is 20.2 Å². The Kier molecular flexibility index (Phi) is 4.48.